The third-order valence-electron chi connectivity index (χ3n) is 3.61. The van der Waals surface area contributed by atoms with Gasteiger partial charge in [-0.05, 0) is 30.5 Å². The topological polar surface area (TPSA) is 58.2 Å². The van der Waals surface area contributed by atoms with E-state index in [-0.39, 0.29) is 30.6 Å². The first-order valence-electron chi connectivity index (χ1n) is 7.87. The first-order chi connectivity index (χ1) is 11.5. The van der Waals surface area contributed by atoms with Crippen molar-refractivity contribution in [3.63, 3.8) is 0 Å². The fourth-order valence-corrected chi connectivity index (χ4v) is 2.23. The van der Waals surface area contributed by atoms with Gasteiger partial charge < -0.3 is 10.6 Å². The predicted molar refractivity (Wildman–Crippen MR) is 91.0 cm³/mol. The number of benzene rings is 2. The lowest BCUT2D eigenvalue weighted by Crippen LogP contribution is -2.38. The van der Waals surface area contributed by atoms with Crippen molar-refractivity contribution < 1.29 is 14.0 Å². The van der Waals surface area contributed by atoms with Gasteiger partial charge in [0.05, 0.1) is 13.0 Å². The maximum atomic E-state index is 13.4. The van der Waals surface area contributed by atoms with E-state index in [1.807, 2.05) is 31.2 Å². The van der Waals surface area contributed by atoms with Crippen LogP contribution < -0.4 is 10.6 Å². The molecule has 0 fully saturated rings. The summed E-state index contributed by atoms with van der Waals surface area (Å²) >= 11 is 0. The second kappa shape index (κ2) is 8.82. The Labute approximate surface area is 141 Å². The third-order valence-corrected chi connectivity index (χ3v) is 3.61. The summed E-state index contributed by atoms with van der Waals surface area (Å²) in [6.45, 7) is 2.23. The number of nitrogens with one attached hydrogen (secondary N) is 2. The number of carbonyl (C=O) groups excluding carboxylic acids is 2. The molecule has 2 amide bonds. The average molecular weight is 328 g/mol. The molecule has 2 N–H and O–H groups in total. The van der Waals surface area contributed by atoms with Crippen molar-refractivity contribution in [1.29, 1.82) is 0 Å². The predicted octanol–water partition coefficient (Wildman–Crippen LogP) is 2.15. The van der Waals surface area contributed by atoms with E-state index in [1.54, 1.807) is 18.2 Å². The number of aryl methyl sites for hydroxylation is 1. The minimum absolute atomic E-state index is 0.0814. The second-order valence-electron chi connectivity index (χ2n) is 5.63. The molecule has 2 rings (SSSR count). The first-order valence-corrected chi connectivity index (χ1v) is 7.87. The van der Waals surface area contributed by atoms with Gasteiger partial charge in [0.1, 0.15) is 5.82 Å². The zero-order valence-electron chi connectivity index (χ0n) is 13.6. The Morgan fingerprint density at radius 2 is 1.67 bits per heavy atom. The van der Waals surface area contributed by atoms with Gasteiger partial charge in [-0.3, -0.25) is 9.59 Å². The maximum absolute atomic E-state index is 13.4. The van der Waals surface area contributed by atoms with E-state index in [9.17, 15) is 14.0 Å². The minimum atomic E-state index is -0.288. The van der Waals surface area contributed by atoms with Crippen molar-refractivity contribution >= 4 is 11.8 Å². The summed E-state index contributed by atoms with van der Waals surface area (Å²) in [6.07, 6.45) is 0.651. The van der Waals surface area contributed by atoms with Crippen LogP contribution in [-0.2, 0) is 22.4 Å². The van der Waals surface area contributed by atoms with Gasteiger partial charge in [0.15, 0.2) is 0 Å². The molecule has 126 valence electrons. The highest BCUT2D eigenvalue weighted by atomic mass is 19.1. The average Bonchev–Trinajstić information content (AvgIpc) is 2.57. The molecule has 0 bridgehead atoms. The molecule has 0 spiro atoms. The molecule has 0 aliphatic carbocycles. The van der Waals surface area contributed by atoms with E-state index in [4.69, 9.17) is 0 Å². The molecule has 0 saturated carbocycles. The first kappa shape index (κ1) is 17.7. The highest BCUT2D eigenvalue weighted by Gasteiger charge is 2.07. The summed E-state index contributed by atoms with van der Waals surface area (Å²) in [5, 5.41) is 5.25. The Morgan fingerprint density at radius 1 is 0.958 bits per heavy atom. The largest absolute Gasteiger partial charge is 0.354 e. The second-order valence-corrected chi connectivity index (χ2v) is 5.63. The number of carbonyl (C=O) groups is 2. The monoisotopic (exact) mass is 328 g/mol. The van der Waals surface area contributed by atoms with E-state index in [0.29, 0.717) is 18.5 Å². The molecule has 0 atom stereocenters. The van der Waals surface area contributed by atoms with Crippen LogP contribution in [0.3, 0.4) is 0 Å². The third kappa shape index (κ3) is 5.83. The standard InChI is InChI=1S/C19H21FN2O2/c1-14-6-8-15(9-7-14)12-18(23)22-13-19(24)21-11-10-16-4-2-3-5-17(16)20/h2-9H,10-13H2,1H3,(H,21,24)(H,22,23). The number of rotatable bonds is 7. The number of halogens is 1. The maximum Gasteiger partial charge on any atom is 0.239 e. The summed E-state index contributed by atoms with van der Waals surface area (Å²) < 4.78 is 13.4. The normalized spacial score (nSPS) is 10.2. The van der Waals surface area contributed by atoms with Gasteiger partial charge in [-0.1, -0.05) is 48.0 Å². The lowest BCUT2D eigenvalue weighted by atomic mass is 10.1. The molecular formula is C19H21FN2O2. The van der Waals surface area contributed by atoms with E-state index in [0.717, 1.165) is 11.1 Å². The highest BCUT2D eigenvalue weighted by Crippen LogP contribution is 2.06. The van der Waals surface area contributed by atoms with Gasteiger partial charge in [0.2, 0.25) is 11.8 Å². The SMILES string of the molecule is Cc1ccc(CC(=O)NCC(=O)NCCc2ccccc2F)cc1. The van der Waals surface area contributed by atoms with Crippen molar-refractivity contribution in [2.45, 2.75) is 19.8 Å². The molecule has 2 aromatic carbocycles. The van der Waals surface area contributed by atoms with Crippen molar-refractivity contribution in [3.8, 4) is 0 Å². The smallest absolute Gasteiger partial charge is 0.239 e. The molecule has 2 aromatic rings. The van der Waals surface area contributed by atoms with Crippen LogP contribution in [0, 0.1) is 12.7 Å². The summed E-state index contributed by atoms with van der Waals surface area (Å²) in [5.74, 6) is -0.773. The Bertz CT molecular complexity index is 699. The molecule has 0 aliphatic heterocycles. The summed E-state index contributed by atoms with van der Waals surface area (Å²) in [6, 6.07) is 14.1. The van der Waals surface area contributed by atoms with Crippen LogP contribution in [0.25, 0.3) is 0 Å². The van der Waals surface area contributed by atoms with Crippen molar-refractivity contribution in [2.75, 3.05) is 13.1 Å². The summed E-state index contributed by atoms with van der Waals surface area (Å²) in [5.41, 5.74) is 2.59. The van der Waals surface area contributed by atoms with Crippen LogP contribution in [0.4, 0.5) is 4.39 Å². The highest BCUT2D eigenvalue weighted by molar-refractivity contribution is 5.85. The van der Waals surface area contributed by atoms with Crippen LogP contribution >= 0.6 is 0 Å². The van der Waals surface area contributed by atoms with Crippen molar-refractivity contribution in [3.05, 3.63) is 71.0 Å². The van der Waals surface area contributed by atoms with Crippen LogP contribution in [0.5, 0.6) is 0 Å². The van der Waals surface area contributed by atoms with Crippen LogP contribution in [0.2, 0.25) is 0 Å². The molecule has 4 nitrogen and oxygen atoms in total. The van der Waals surface area contributed by atoms with Gasteiger partial charge >= 0.3 is 0 Å². The quantitative estimate of drug-likeness (QED) is 0.818. The molecule has 0 radical (unpaired) electrons. The Kier molecular flexibility index (Phi) is 6.49. The lowest BCUT2D eigenvalue weighted by Gasteiger charge is -2.08. The van der Waals surface area contributed by atoms with Crippen LogP contribution in [0.1, 0.15) is 16.7 Å². The Morgan fingerprint density at radius 3 is 2.38 bits per heavy atom. The van der Waals surface area contributed by atoms with Crippen LogP contribution in [0.15, 0.2) is 48.5 Å². The van der Waals surface area contributed by atoms with Crippen LogP contribution in [-0.4, -0.2) is 24.9 Å². The molecule has 0 aromatic heterocycles. The Hall–Kier alpha value is -2.69. The zero-order chi connectivity index (χ0) is 17.4. The number of hydrogen-bond donors (Lipinski definition) is 2. The molecular weight excluding hydrogens is 307 g/mol. The van der Waals surface area contributed by atoms with E-state index < -0.39 is 0 Å². The summed E-state index contributed by atoms with van der Waals surface area (Å²) in [4.78, 5) is 23.5. The van der Waals surface area contributed by atoms with E-state index >= 15 is 0 Å². The van der Waals surface area contributed by atoms with Gasteiger partial charge in [-0.25, -0.2) is 4.39 Å². The molecule has 5 heteroatoms. The lowest BCUT2D eigenvalue weighted by molar-refractivity contribution is -0.125. The molecule has 0 aliphatic rings. The molecule has 0 heterocycles. The summed E-state index contributed by atoms with van der Waals surface area (Å²) in [7, 11) is 0. The number of hydrogen-bond acceptors (Lipinski definition) is 2. The molecule has 24 heavy (non-hydrogen) atoms. The van der Waals surface area contributed by atoms with E-state index in [2.05, 4.69) is 10.6 Å². The van der Waals surface area contributed by atoms with Gasteiger partial charge in [-0.2, -0.15) is 0 Å². The zero-order valence-corrected chi connectivity index (χ0v) is 13.6. The number of amides is 2. The van der Waals surface area contributed by atoms with Crippen molar-refractivity contribution in [1.82, 2.24) is 10.6 Å². The van der Waals surface area contributed by atoms with Crippen molar-refractivity contribution in [2.24, 2.45) is 0 Å². The fraction of sp³-hybridized carbons (Fsp3) is 0.263. The minimum Gasteiger partial charge on any atom is -0.354 e. The molecule has 0 unspecified atom stereocenters. The van der Waals surface area contributed by atoms with E-state index in [1.165, 1.54) is 6.07 Å². The van der Waals surface area contributed by atoms with Gasteiger partial charge in [0.25, 0.3) is 0 Å². The van der Waals surface area contributed by atoms with Gasteiger partial charge in [-0.15, -0.1) is 0 Å². The van der Waals surface area contributed by atoms with Gasteiger partial charge in [0, 0.05) is 6.54 Å². The molecule has 0 saturated heterocycles. The Balaban J connectivity index is 1.66. The fourth-order valence-electron chi connectivity index (χ4n) is 2.23.